The predicted octanol–water partition coefficient (Wildman–Crippen LogP) is 0.543. The molecule has 2 rings (SSSR count). The van der Waals surface area contributed by atoms with Crippen molar-refractivity contribution in [1.82, 2.24) is 5.32 Å². The van der Waals surface area contributed by atoms with E-state index >= 15 is 0 Å². The van der Waals surface area contributed by atoms with Gasteiger partial charge in [0.1, 0.15) is 10.2 Å². The Labute approximate surface area is 70.4 Å². The van der Waals surface area contributed by atoms with Gasteiger partial charge < -0.3 is 5.32 Å². The second-order valence-electron chi connectivity index (χ2n) is 2.05. The number of carbonyl (C=O) groups is 1. The van der Waals surface area contributed by atoms with E-state index in [1.54, 1.807) is 0 Å². The van der Waals surface area contributed by atoms with Crippen LogP contribution in [-0.4, -0.2) is 18.4 Å². The average molecular weight is 215 g/mol. The lowest BCUT2D eigenvalue weighted by molar-refractivity contribution is -0.116. The summed E-state index contributed by atoms with van der Waals surface area (Å²) >= 11 is 3.10. The summed E-state index contributed by atoms with van der Waals surface area (Å²) in [7, 11) is 0. The summed E-state index contributed by atoms with van der Waals surface area (Å²) < 4.78 is 0.469. The zero-order valence-corrected chi connectivity index (χ0v) is 6.87. The van der Waals surface area contributed by atoms with Crippen molar-refractivity contribution in [3.63, 3.8) is 0 Å². The fourth-order valence-electron chi connectivity index (χ4n) is 0.883. The molecule has 56 valence electrons. The standard InChI is InChI=1S/C5H3BrN4O/c6-3-2-4(10-9-3)7-1-8-5(2)11/h1,4H,(H,7,8,11). The van der Waals surface area contributed by atoms with Crippen molar-refractivity contribution in [3.8, 4) is 0 Å². The molecular formula is C5H3BrN4O. The third-order valence-electron chi connectivity index (χ3n) is 1.39. The lowest BCUT2D eigenvalue weighted by atomic mass is 10.2. The fraction of sp³-hybridized carbons (Fsp3) is 0.200. The van der Waals surface area contributed by atoms with Gasteiger partial charge in [-0.25, -0.2) is 4.99 Å². The maximum atomic E-state index is 11.1. The Balaban J connectivity index is 2.49. The lowest BCUT2D eigenvalue weighted by Crippen LogP contribution is -2.32. The first kappa shape index (κ1) is 6.66. The van der Waals surface area contributed by atoms with Crippen LogP contribution in [0.4, 0.5) is 0 Å². The first-order chi connectivity index (χ1) is 5.29. The lowest BCUT2D eigenvalue weighted by Gasteiger charge is -2.09. The molecule has 1 amide bonds. The second-order valence-corrected chi connectivity index (χ2v) is 2.80. The van der Waals surface area contributed by atoms with Crippen LogP contribution in [0.3, 0.4) is 0 Å². The molecule has 0 spiro atoms. The van der Waals surface area contributed by atoms with Crippen molar-refractivity contribution in [1.29, 1.82) is 0 Å². The van der Waals surface area contributed by atoms with Gasteiger partial charge in [0.15, 0.2) is 6.17 Å². The van der Waals surface area contributed by atoms with Gasteiger partial charge in [0.05, 0.1) is 6.34 Å². The summed E-state index contributed by atoms with van der Waals surface area (Å²) in [4.78, 5) is 15.0. The molecule has 0 saturated carbocycles. The number of hydrogen-bond donors (Lipinski definition) is 1. The van der Waals surface area contributed by atoms with Crippen LogP contribution in [0.1, 0.15) is 0 Å². The van der Waals surface area contributed by atoms with Crippen molar-refractivity contribution >= 4 is 28.2 Å². The van der Waals surface area contributed by atoms with E-state index in [0.717, 1.165) is 0 Å². The van der Waals surface area contributed by atoms with E-state index in [-0.39, 0.29) is 5.91 Å². The predicted molar refractivity (Wildman–Crippen MR) is 41.2 cm³/mol. The topological polar surface area (TPSA) is 66.2 Å². The molecule has 0 fully saturated rings. The van der Waals surface area contributed by atoms with Crippen LogP contribution >= 0.6 is 15.9 Å². The molecule has 0 radical (unpaired) electrons. The third-order valence-corrected chi connectivity index (χ3v) is 1.98. The van der Waals surface area contributed by atoms with Crippen LogP contribution in [0.5, 0.6) is 0 Å². The van der Waals surface area contributed by atoms with Gasteiger partial charge >= 0.3 is 0 Å². The minimum absolute atomic E-state index is 0.193. The van der Waals surface area contributed by atoms with Crippen LogP contribution in [0.25, 0.3) is 0 Å². The van der Waals surface area contributed by atoms with Gasteiger partial charge in [0, 0.05) is 0 Å². The van der Waals surface area contributed by atoms with E-state index in [4.69, 9.17) is 0 Å². The molecule has 2 aliphatic heterocycles. The SMILES string of the molecule is O=C1NC=NC2N=NC(Br)=C12. The molecule has 2 aliphatic rings. The van der Waals surface area contributed by atoms with Crippen molar-refractivity contribution in [2.45, 2.75) is 6.17 Å². The molecule has 0 bridgehead atoms. The Hall–Kier alpha value is -1.04. The average Bonchev–Trinajstić information content (AvgIpc) is 2.34. The van der Waals surface area contributed by atoms with Gasteiger partial charge in [-0.3, -0.25) is 4.79 Å². The molecule has 0 aliphatic carbocycles. The van der Waals surface area contributed by atoms with Gasteiger partial charge in [-0.05, 0) is 15.9 Å². The summed E-state index contributed by atoms with van der Waals surface area (Å²) in [5, 5.41) is 9.86. The minimum Gasteiger partial charge on any atom is -0.313 e. The number of nitrogens with zero attached hydrogens (tertiary/aromatic N) is 3. The quantitative estimate of drug-likeness (QED) is 0.589. The molecule has 2 heterocycles. The summed E-state index contributed by atoms with van der Waals surface area (Å²) in [6.45, 7) is 0. The van der Waals surface area contributed by atoms with Crippen molar-refractivity contribution in [3.05, 3.63) is 10.2 Å². The number of aliphatic imine (C=N–C) groups is 1. The normalized spacial score (nSPS) is 27.4. The molecule has 11 heavy (non-hydrogen) atoms. The molecule has 1 atom stereocenters. The Bertz CT molecular complexity index is 306. The minimum atomic E-state index is -0.432. The molecule has 1 unspecified atom stereocenters. The van der Waals surface area contributed by atoms with Gasteiger partial charge in [-0.15, -0.1) is 5.11 Å². The van der Waals surface area contributed by atoms with Crippen molar-refractivity contribution < 1.29 is 4.79 Å². The number of fused-ring (bicyclic) bond motifs is 1. The van der Waals surface area contributed by atoms with E-state index in [0.29, 0.717) is 10.2 Å². The number of rotatable bonds is 0. The molecule has 0 saturated heterocycles. The summed E-state index contributed by atoms with van der Waals surface area (Å²) in [6, 6.07) is 0. The first-order valence-corrected chi connectivity index (χ1v) is 3.71. The molecular weight excluding hydrogens is 212 g/mol. The highest BCUT2D eigenvalue weighted by molar-refractivity contribution is 9.11. The summed E-state index contributed by atoms with van der Waals surface area (Å²) in [5.74, 6) is -0.193. The molecule has 1 N–H and O–H groups in total. The smallest absolute Gasteiger partial charge is 0.259 e. The summed E-state index contributed by atoms with van der Waals surface area (Å²) in [6.07, 6.45) is 0.902. The maximum Gasteiger partial charge on any atom is 0.259 e. The van der Waals surface area contributed by atoms with Crippen LogP contribution in [0.2, 0.25) is 0 Å². The number of hydrogen-bond acceptors (Lipinski definition) is 4. The number of azo groups is 1. The Morgan fingerprint density at radius 3 is 3.18 bits per heavy atom. The molecule has 6 heteroatoms. The van der Waals surface area contributed by atoms with E-state index in [1.165, 1.54) is 6.34 Å². The van der Waals surface area contributed by atoms with E-state index in [1.807, 2.05) is 0 Å². The highest BCUT2D eigenvalue weighted by Crippen LogP contribution is 2.27. The first-order valence-electron chi connectivity index (χ1n) is 2.92. The van der Waals surface area contributed by atoms with Crippen LogP contribution in [0, 0.1) is 0 Å². The van der Waals surface area contributed by atoms with E-state index in [2.05, 4.69) is 36.5 Å². The van der Waals surface area contributed by atoms with Gasteiger partial charge in [0.2, 0.25) is 0 Å². The highest BCUT2D eigenvalue weighted by atomic mass is 79.9. The highest BCUT2D eigenvalue weighted by Gasteiger charge is 2.29. The zero-order chi connectivity index (χ0) is 7.84. The Morgan fingerprint density at radius 2 is 2.45 bits per heavy atom. The van der Waals surface area contributed by atoms with Crippen LogP contribution < -0.4 is 5.32 Å². The zero-order valence-electron chi connectivity index (χ0n) is 5.28. The summed E-state index contributed by atoms with van der Waals surface area (Å²) in [5.41, 5.74) is 0.479. The number of carbonyl (C=O) groups excluding carboxylic acids is 1. The number of halogens is 1. The fourth-order valence-corrected chi connectivity index (χ4v) is 1.36. The van der Waals surface area contributed by atoms with Gasteiger partial charge in [-0.2, -0.15) is 5.11 Å². The van der Waals surface area contributed by atoms with E-state index < -0.39 is 6.17 Å². The second kappa shape index (κ2) is 2.23. The van der Waals surface area contributed by atoms with Gasteiger partial charge in [-0.1, -0.05) is 0 Å². The largest absolute Gasteiger partial charge is 0.313 e. The number of amides is 1. The Morgan fingerprint density at radius 1 is 1.64 bits per heavy atom. The van der Waals surface area contributed by atoms with Crippen LogP contribution in [0.15, 0.2) is 25.4 Å². The van der Waals surface area contributed by atoms with E-state index in [9.17, 15) is 4.79 Å². The molecule has 0 aromatic heterocycles. The third kappa shape index (κ3) is 0.900. The van der Waals surface area contributed by atoms with Crippen molar-refractivity contribution in [2.24, 2.45) is 15.2 Å². The van der Waals surface area contributed by atoms with Gasteiger partial charge in [0.25, 0.3) is 5.91 Å². The van der Waals surface area contributed by atoms with Crippen molar-refractivity contribution in [2.75, 3.05) is 0 Å². The Kier molecular flexibility index (Phi) is 1.35. The van der Waals surface area contributed by atoms with Crippen LogP contribution in [-0.2, 0) is 4.79 Å². The monoisotopic (exact) mass is 214 g/mol. The molecule has 5 nitrogen and oxygen atoms in total. The molecule has 0 aromatic rings. The number of nitrogens with one attached hydrogen (secondary N) is 1. The molecule has 0 aromatic carbocycles. The maximum absolute atomic E-state index is 11.1.